The van der Waals surface area contributed by atoms with Crippen molar-refractivity contribution in [2.45, 2.75) is 49.1 Å². The van der Waals surface area contributed by atoms with E-state index in [1.54, 1.807) is 0 Å². The van der Waals surface area contributed by atoms with E-state index in [1.165, 1.54) is 6.07 Å². The van der Waals surface area contributed by atoms with Gasteiger partial charge in [-0.2, -0.15) is 0 Å². The van der Waals surface area contributed by atoms with Gasteiger partial charge in [0.1, 0.15) is 10.6 Å². The first-order valence-corrected chi connectivity index (χ1v) is 9.10. The van der Waals surface area contributed by atoms with Gasteiger partial charge >= 0.3 is 6.36 Å². The van der Waals surface area contributed by atoms with Crippen LogP contribution in [0.1, 0.15) is 25.7 Å². The molecule has 1 aromatic carbocycles. The van der Waals surface area contributed by atoms with Crippen molar-refractivity contribution >= 4 is 26.0 Å². The molecular formula is C13H15BrF3NO4S. The smallest absolute Gasteiger partial charge is 0.404 e. The fourth-order valence-corrected chi connectivity index (χ4v) is 4.35. The molecule has 0 aromatic heterocycles. The number of sulfonamides is 1. The fraction of sp³-hybridized carbons (Fsp3) is 0.538. The van der Waals surface area contributed by atoms with Crippen LogP contribution in [0, 0.1) is 0 Å². The third kappa shape index (κ3) is 5.33. The molecule has 1 aliphatic carbocycles. The predicted octanol–water partition coefficient (Wildman–Crippen LogP) is 2.93. The first-order valence-electron chi connectivity index (χ1n) is 6.82. The summed E-state index contributed by atoms with van der Waals surface area (Å²) in [7, 11) is -4.19. The van der Waals surface area contributed by atoms with Crippen LogP contribution in [-0.2, 0) is 10.0 Å². The molecule has 5 nitrogen and oxygen atoms in total. The van der Waals surface area contributed by atoms with Crippen LogP contribution in [0.3, 0.4) is 0 Å². The van der Waals surface area contributed by atoms with Gasteiger partial charge in [-0.25, -0.2) is 13.1 Å². The zero-order valence-corrected chi connectivity index (χ0v) is 14.2. The molecule has 0 unspecified atom stereocenters. The summed E-state index contributed by atoms with van der Waals surface area (Å²) in [6, 6.07) is 2.83. The molecule has 10 heteroatoms. The summed E-state index contributed by atoms with van der Waals surface area (Å²) in [6.45, 7) is 0. The average molecular weight is 418 g/mol. The highest BCUT2D eigenvalue weighted by Crippen LogP contribution is 2.32. The summed E-state index contributed by atoms with van der Waals surface area (Å²) in [5.41, 5.74) is 0. The van der Waals surface area contributed by atoms with Gasteiger partial charge in [-0.15, -0.1) is 13.2 Å². The zero-order valence-electron chi connectivity index (χ0n) is 11.8. The van der Waals surface area contributed by atoms with Gasteiger partial charge in [0.2, 0.25) is 10.0 Å². The van der Waals surface area contributed by atoms with Crippen molar-refractivity contribution in [3.8, 4) is 5.75 Å². The summed E-state index contributed by atoms with van der Waals surface area (Å²) in [6.07, 6.45) is -3.73. The second-order valence-electron chi connectivity index (χ2n) is 5.27. The van der Waals surface area contributed by atoms with Crippen molar-refractivity contribution < 1.29 is 31.4 Å². The van der Waals surface area contributed by atoms with E-state index in [0.29, 0.717) is 30.2 Å². The van der Waals surface area contributed by atoms with Gasteiger partial charge in [-0.1, -0.05) is 15.9 Å². The fourth-order valence-electron chi connectivity index (χ4n) is 2.38. The number of benzene rings is 1. The number of aliphatic hydroxyl groups excluding tert-OH is 1. The van der Waals surface area contributed by atoms with E-state index in [1.807, 2.05) is 0 Å². The molecule has 0 bridgehead atoms. The van der Waals surface area contributed by atoms with Gasteiger partial charge in [0.05, 0.1) is 6.10 Å². The first-order chi connectivity index (χ1) is 10.6. The third-order valence-corrected chi connectivity index (χ3v) is 5.47. The Morgan fingerprint density at radius 1 is 1.22 bits per heavy atom. The van der Waals surface area contributed by atoms with Crippen LogP contribution < -0.4 is 9.46 Å². The van der Waals surface area contributed by atoms with E-state index in [4.69, 9.17) is 0 Å². The maximum absolute atomic E-state index is 12.4. The van der Waals surface area contributed by atoms with Crippen molar-refractivity contribution in [3.05, 3.63) is 22.7 Å². The quantitative estimate of drug-likeness (QED) is 0.789. The first kappa shape index (κ1) is 18.5. The van der Waals surface area contributed by atoms with Crippen molar-refractivity contribution in [3.63, 3.8) is 0 Å². The maximum atomic E-state index is 12.4. The van der Waals surface area contributed by atoms with Crippen LogP contribution in [-0.4, -0.2) is 32.0 Å². The lowest BCUT2D eigenvalue weighted by atomic mass is 9.94. The minimum Gasteiger partial charge on any atom is -0.404 e. The molecule has 0 aliphatic heterocycles. The highest BCUT2D eigenvalue weighted by molar-refractivity contribution is 9.10. The Balaban J connectivity index is 2.26. The molecule has 2 N–H and O–H groups in total. The van der Waals surface area contributed by atoms with Gasteiger partial charge in [0.15, 0.2) is 0 Å². The molecule has 1 saturated carbocycles. The topological polar surface area (TPSA) is 75.6 Å². The molecule has 23 heavy (non-hydrogen) atoms. The Hall–Kier alpha value is -0.840. The van der Waals surface area contributed by atoms with Crippen LogP contribution in [0.4, 0.5) is 13.2 Å². The highest BCUT2D eigenvalue weighted by atomic mass is 79.9. The molecule has 1 fully saturated rings. The third-order valence-electron chi connectivity index (χ3n) is 3.44. The molecular weight excluding hydrogens is 403 g/mol. The van der Waals surface area contributed by atoms with Crippen LogP contribution >= 0.6 is 15.9 Å². The largest absolute Gasteiger partial charge is 0.573 e. The van der Waals surface area contributed by atoms with Crippen molar-refractivity contribution in [2.75, 3.05) is 0 Å². The lowest BCUT2D eigenvalue weighted by Crippen LogP contribution is -2.38. The lowest BCUT2D eigenvalue weighted by Gasteiger charge is -2.26. The second kappa shape index (κ2) is 6.96. The molecule has 0 heterocycles. The number of rotatable bonds is 4. The molecule has 2 rings (SSSR count). The molecule has 0 saturated heterocycles. The van der Waals surface area contributed by atoms with E-state index in [2.05, 4.69) is 25.4 Å². The van der Waals surface area contributed by atoms with Crippen LogP contribution in [0.25, 0.3) is 0 Å². The molecule has 0 radical (unpaired) electrons. The summed E-state index contributed by atoms with van der Waals surface area (Å²) in [5.74, 6) is -0.788. The summed E-state index contributed by atoms with van der Waals surface area (Å²) in [4.78, 5) is -0.588. The Morgan fingerprint density at radius 3 is 2.39 bits per heavy atom. The number of nitrogens with one attached hydrogen (secondary N) is 1. The molecule has 0 amide bonds. The Labute approximate surface area is 140 Å². The van der Waals surface area contributed by atoms with Crippen molar-refractivity contribution in [1.29, 1.82) is 0 Å². The normalized spacial score (nSPS) is 22.8. The van der Waals surface area contributed by atoms with Gasteiger partial charge < -0.3 is 9.84 Å². The van der Waals surface area contributed by atoms with Crippen molar-refractivity contribution in [1.82, 2.24) is 4.72 Å². The Morgan fingerprint density at radius 2 is 1.83 bits per heavy atom. The average Bonchev–Trinajstić information content (AvgIpc) is 2.41. The summed E-state index contributed by atoms with van der Waals surface area (Å²) >= 11 is 3.04. The standard InChI is InChI=1S/C13H15BrF3NO4S/c14-8-1-6-11(22-13(15,16)17)12(7-8)23(20,21)18-9-2-4-10(19)5-3-9/h1,6-7,9-10,18-19H,2-5H2/t9-,10+. The number of halogens is 4. The van der Waals surface area contributed by atoms with Gasteiger partial charge in [0.25, 0.3) is 0 Å². The van der Waals surface area contributed by atoms with E-state index >= 15 is 0 Å². The van der Waals surface area contributed by atoms with E-state index in [9.17, 15) is 26.7 Å². The summed E-state index contributed by atoms with van der Waals surface area (Å²) in [5, 5.41) is 9.42. The summed E-state index contributed by atoms with van der Waals surface area (Å²) < 4.78 is 68.6. The minimum atomic E-state index is -4.99. The minimum absolute atomic E-state index is 0.312. The molecule has 0 atom stereocenters. The highest BCUT2D eigenvalue weighted by Gasteiger charge is 2.35. The van der Waals surface area contributed by atoms with E-state index < -0.39 is 39.2 Å². The number of ether oxygens (including phenoxy) is 1. The predicted molar refractivity (Wildman–Crippen MR) is 79.4 cm³/mol. The molecule has 1 aliphatic rings. The van der Waals surface area contributed by atoms with E-state index in [0.717, 1.165) is 12.1 Å². The van der Waals surface area contributed by atoms with Gasteiger partial charge in [0, 0.05) is 10.5 Å². The second-order valence-corrected chi connectivity index (χ2v) is 7.86. The van der Waals surface area contributed by atoms with Crippen LogP contribution in [0.15, 0.2) is 27.6 Å². The number of alkyl halides is 3. The number of hydrogen-bond acceptors (Lipinski definition) is 4. The van der Waals surface area contributed by atoms with Gasteiger partial charge in [-0.05, 0) is 43.9 Å². The van der Waals surface area contributed by atoms with Crippen molar-refractivity contribution in [2.24, 2.45) is 0 Å². The SMILES string of the molecule is O=S(=O)(N[C@H]1CC[C@@H](O)CC1)c1cc(Br)ccc1OC(F)(F)F. The monoisotopic (exact) mass is 417 g/mol. The zero-order chi connectivity index (χ0) is 17.3. The molecule has 130 valence electrons. The number of aliphatic hydroxyl groups is 1. The Bertz CT molecular complexity index is 658. The number of hydrogen-bond donors (Lipinski definition) is 2. The molecule has 0 spiro atoms. The van der Waals surface area contributed by atoms with Crippen LogP contribution in [0.2, 0.25) is 0 Å². The van der Waals surface area contributed by atoms with E-state index in [-0.39, 0.29) is 0 Å². The maximum Gasteiger partial charge on any atom is 0.573 e. The molecule has 1 aromatic rings. The van der Waals surface area contributed by atoms with Gasteiger partial charge in [-0.3, -0.25) is 0 Å². The Kier molecular flexibility index (Phi) is 5.59. The lowest BCUT2D eigenvalue weighted by molar-refractivity contribution is -0.275. The van der Waals surface area contributed by atoms with Crippen LogP contribution in [0.5, 0.6) is 5.75 Å².